The maximum Gasteiger partial charge on any atom is 0.252 e. The van der Waals surface area contributed by atoms with E-state index in [0.29, 0.717) is 12.4 Å². The van der Waals surface area contributed by atoms with Gasteiger partial charge in [0.15, 0.2) is 0 Å². The van der Waals surface area contributed by atoms with E-state index in [1.165, 1.54) is 12.4 Å². The van der Waals surface area contributed by atoms with Crippen LogP contribution in [0.5, 0.6) is 0 Å². The number of aliphatic hydroxyl groups is 1. The molecule has 0 aliphatic rings. The SMILES string of the molecule is O=c1cc(NCc2cccc(CO)c2)nc[nH]1. The topological polar surface area (TPSA) is 78.0 Å². The Bertz CT molecular complexity index is 551. The molecule has 1 aromatic carbocycles. The normalized spacial score (nSPS) is 10.2. The Labute approximate surface area is 98.2 Å². The monoisotopic (exact) mass is 231 g/mol. The Kier molecular flexibility index (Phi) is 3.52. The predicted molar refractivity (Wildman–Crippen MR) is 64.5 cm³/mol. The van der Waals surface area contributed by atoms with E-state index in [9.17, 15) is 4.79 Å². The molecule has 0 unspecified atom stereocenters. The standard InChI is InChI=1S/C12H13N3O2/c16-7-10-3-1-2-9(4-10)6-13-11-5-12(17)15-8-14-11/h1-5,8,16H,6-7H2,(H2,13,14,15,17). The molecule has 5 nitrogen and oxygen atoms in total. The van der Waals surface area contributed by atoms with E-state index in [0.717, 1.165) is 11.1 Å². The lowest BCUT2D eigenvalue weighted by molar-refractivity contribution is 0.281. The van der Waals surface area contributed by atoms with Gasteiger partial charge in [-0.25, -0.2) is 4.98 Å². The summed E-state index contributed by atoms with van der Waals surface area (Å²) in [5.41, 5.74) is 1.70. The number of aliphatic hydroxyl groups excluding tert-OH is 1. The molecule has 0 aliphatic heterocycles. The molecule has 5 heteroatoms. The average Bonchev–Trinajstić information content (AvgIpc) is 2.37. The minimum atomic E-state index is -0.188. The molecule has 0 bridgehead atoms. The molecule has 2 aromatic rings. The second-order valence-electron chi connectivity index (χ2n) is 3.63. The van der Waals surface area contributed by atoms with Crippen LogP contribution in [-0.2, 0) is 13.2 Å². The van der Waals surface area contributed by atoms with Gasteiger partial charge in [0.1, 0.15) is 5.82 Å². The number of rotatable bonds is 4. The van der Waals surface area contributed by atoms with E-state index in [-0.39, 0.29) is 12.2 Å². The Balaban J connectivity index is 2.04. The lowest BCUT2D eigenvalue weighted by Gasteiger charge is -2.06. The van der Waals surface area contributed by atoms with Gasteiger partial charge in [-0.2, -0.15) is 0 Å². The van der Waals surface area contributed by atoms with Crippen molar-refractivity contribution in [1.29, 1.82) is 0 Å². The number of hydrogen-bond donors (Lipinski definition) is 3. The van der Waals surface area contributed by atoms with Gasteiger partial charge < -0.3 is 15.4 Å². The molecule has 0 atom stereocenters. The highest BCUT2D eigenvalue weighted by atomic mass is 16.3. The molecule has 0 saturated heterocycles. The maximum absolute atomic E-state index is 11.0. The summed E-state index contributed by atoms with van der Waals surface area (Å²) in [5, 5.41) is 12.0. The van der Waals surface area contributed by atoms with Crippen molar-refractivity contribution in [3.8, 4) is 0 Å². The fourth-order valence-corrected chi connectivity index (χ4v) is 1.50. The first-order valence-electron chi connectivity index (χ1n) is 5.25. The minimum Gasteiger partial charge on any atom is -0.392 e. The van der Waals surface area contributed by atoms with Gasteiger partial charge in [0.05, 0.1) is 12.9 Å². The van der Waals surface area contributed by atoms with E-state index in [4.69, 9.17) is 5.11 Å². The fraction of sp³-hybridized carbons (Fsp3) is 0.167. The largest absolute Gasteiger partial charge is 0.392 e. The third-order valence-electron chi connectivity index (χ3n) is 2.33. The quantitative estimate of drug-likeness (QED) is 0.729. The number of nitrogens with zero attached hydrogens (tertiary/aromatic N) is 1. The number of benzene rings is 1. The van der Waals surface area contributed by atoms with E-state index in [1.54, 1.807) is 0 Å². The van der Waals surface area contributed by atoms with Crippen LogP contribution in [0.1, 0.15) is 11.1 Å². The second kappa shape index (κ2) is 5.27. The van der Waals surface area contributed by atoms with Crippen LogP contribution in [0.4, 0.5) is 5.82 Å². The number of aromatic amines is 1. The summed E-state index contributed by atoms with van der Waals surface area (Å²) < 4.78 is 0. The summed E-state index contributed by atoms with van der Waals surface area (Å²) in [6, 6.07) is 8.98. The molecular weight excluding hydrogens is 218 g/mol. The maximum atomic E-state index is 11.0. The van der Waals surface area contributed by atoms with Gasteiger partial charge in [-0.1, -0.05) is 24.3 Å². The molecule has 0 spiro atoms. The van der Waals surface area contributed by atoms with Crippen LogP contribution in [-0.4, -0.2) is 15.1 Å². The number of hydrogen-bond acceptors (Lipinski definition) is 4. The molecular formula is C12H13N3O2. The highest BCUT2D eigenvalue weighted by Crippen LogP contribution is 2.07. The predicted octanol–water partition coefficient (Wildman–Crippen LogP) is 0.874. The summed E-state index contributed by atoms with van der Waals surface area (Å²) in [7, 11) is 0. The summed E-state index contributed by atoms with van der Waals surface area (Å²) in [5.74, 6) is 0.531. The Hall–Kier alpha value is -2.14. The molecule has 3 N–H and O–H groups in total. The molecule has 17 heavy (non-hydrogen) atoms. The van der Waals surface area contributed by atoms with Crippen molar-refractivity contribution in [2.75, 3.05) is 5.32 Å². The molecule has 0 radical (unpaired) electrons. The van der Waals surface area contributed by atoms with E-state index in [1.807, 2.05) is 24.3 Å². The number of nitrogens with one attached hydrogen (secondary N) is 2. The van der Waals surface area contributed by atoms with Crippen molar-refractivity contribution < 1.29 is 5.11 Å². The highest BCUT2D eigenvalue weighted by Gasteiger charge is 1.97. The lowest BCUT2D eigenvalue weighted by Crippen LogP contribution is -2.09. The van der Waals surface area contributed by atoms with Crippen molar-refractivity contribution in [3.63, 3.8) is 0 Å². The molecule has 0 amide bonds. The molecule has 0 saturated carbocycles. The molecule has 88 valence electrons. The zero-order valence-electron chi connectivity index (χ0n) is 9.18. The third-order valence-corrected chi connectivity index (χ3v) is 2.33. The van der Waals surface area contributed by atoms with Crippen molar-refractivity contribution in [2.45, 2.75) is 13.2 Å². The van der Waals surface area contributed by atoms with Gasteiger partial charge in [-0.15, -0.1) is 0 Å². The van der Waals surface area contributed by atoms with Crippen LogP contribution in [0.25, 0.3) is 0 Å². The van der Waals surface area contributed by atoms with E-state index < -0.39 is 0 Å². The number of anilines is 1. The van der Waals surface area contributed by atoms with E-state index >= 15 is 0 Å². The Morgan fingerprint density at radius 3 is 2.88 bits per heavy atom. The Morgan fingerprint density at radius 1 is 1.29 bits per heavy atom. The van der Waals surface area contributed by atoms with E-state index in [2.05, 4.69) is 15.3 Å². The van der Waals surface area contributed by atoms with Crippen molar-refractivity contribution in [1.82, 2.24) is 9.97 Å². The van der Waals surface area contributed by atoms with Crippen LogP contribution < -0.4 is 10.9 Å². The van der Waals surface area contributed by atoms with Crippen molar-refractivity contribution in [2.24, 2.45) is 0 Å². The molecule has 1 heterocycles. The summed E-state index contributed by atoms with van der Waals surface area (Å²) >= 11 is 0. The van der Waals surface area contributed by atoms with Crippen LogP contribution in [0.2, 0.25) is 0 Å². The number of H-pyrrole nitrogens is 1. The van der Waals surface area contributed by atoms with Gasteiger partial charge in [0.25, 0.3) is 5.56 Å². The second-order valence-corrected chi connectivity index (χ2v) is 3.63. The zero-order valence-corrected chi connectivity index (χ0v) is 9.18. The van der Waals surface area contributed by atoms with Gasteiger partial charge in [0.2, 0.25) is 0 Å². The van der Waals surface area contributed by atoms with Gasteiger partial charge in [0, 0.05) is 12.6 Å². The average molecular weight is 231 g/mol. The van der Waals surface area contributed by atoms with Crippen molar-refractivity contribution >= 4 is 5.82 Å². The highest BCUT2D eigenvalue weighted by molar-refractivity contribution is 5.34. The summed E-state index contributed by atoms with van der Waals surface area (Å²) in [4.78, 5) is 17.5. The van der Waals surface area contributed by atoms with Crippen LogP contribution >= 0.6 is 0 Å². The molecule has 0 fully saturated rings. The molecule has 2 rings (SSSR count). The van der Waals surface area contributed by atoms with Crippen LogP contribution in [0, 0.1) is 0 Å². The number of aromatic nitrogens is 2. The van der Waals surface area contributed by atoms with Crippen LogP contribution in [0.3, 0.4) is 0 Å². The summed E-state index contributed by atoms with van der Waals surface area (Å²) in [6.07, 6.45) is 1.36. The van der Waals surface area contributed by atoms with Gasteiger partial charge >= 0.3 is 0 Å². The Morgan fingerprint density at radius 2 is 2.12 bits per heavy atom. The third kappa shape index (κ3) is 3.15. The smallest absolute Gasteiger partial charge is 0.252 e. The van der Waals surface area contributed by atoms with Gasteiger partial charge in [-0.3, -0.25) is 4.79 Å². The first-order chi connectivity index (χ1) is 8.28. The minimum absolute atomic E-state index is 0.0249. The molecule has 0 aliphatic carbocycles. The van der Waals surface area contributed by atoms with Gasteiger partial charge in [-0.05, 0) is 11.1 Å². The first kappa shape index (κ1) is 11.3. The lowest BCUT2D eigenvalue weighted by atomic mass is 10.1. The van der Waals surface area contributed by atoms with Crippen LogP contribution in [0.15, 0.2) is 41.5 Å². The molecule has 1 aromatic heterocycles. The summed E-state index contributed by atoms with van der Waals surface area (Å²) in [6.45, 7) is 0.585. The van der Waals surface area contributed by atoms with Crippen molar-refractivity contribution in [3.05, 3.63) is 58.1 Å². The first-order valence-corrected chi connectivity index (χ1v) is 5.25. The zero-order chi connectivity index (χ0) is 12.1. The fourth-order valence-electron chi connectivity index (χ4n) is 1.50.